The lowest BCUT2D eigenvalue weighted by atomic mass is 10.00. The third kappa shape index (κ3) is 5.78. The topological polar surface area (TPSA) is 29.3 Å². The predicted molar refractivity (Wildman–Crippen MR) is 225 cm³/mol. The maximum atomic E-state index is 6.57. The summed E-state index contributed by atoms with van der Waals surface area (Å²) in [6.07, 6.45) is 0. The number of nitrogens with zero attached hydrogens (tertiary/aromatic N) is 2. The van der Waals surface area contributed by atoms with Crippen molar-refractivity contribution in [2.24, 2.45) is 0 Å². The molecule has 0 saturated carbocycles. The quantitative estimate of drug-likeness (QED) is 0.167. The van der Waals surface area contributed by atoms with E-state index in [9.17, 15) is 0 Å². The molecular weight excluding hydrogens is 657 g/mol. The zero-order valence-corrected chi connectivity index (χ0v) is 29.4. The van der Waals surface area contributed by atoms with Crippen molar-refractivity contribution in [3.63, 3.8) is 0 Å². The minimum Gasteiger partial charge on any atom is -0.435 e. The number of hydrogen-bond acceptors (Lipinski definition) is 3. The predicted octanol–water partition coefficient (Wildman–Crippen LogP) is 14.3. The summed E-state index contributed by atoms with van der Waals surface area (Å²) >= 11 is 0. The number of rotatable bonds is 7. The molecule has 0 amide bonds. The highest BCUT2D eigenvalue weighted by Gasteiger charge is 2.17. The molecule has 0 spiro atoms. The fraction of sp³-hybridized carbons (Fsp3) is 0. The molecule has 10 rings (SSSR count). The number of anilines is 3. The van der Waals surface area contributed by atoms with Gasteiger partial charge in [0.1, 0.15) is 5.52 Å². The number of aromatic nitrogens is 1. The van der Waals surface area contributed by atoms with Crippen LogP contribution in [0.2, 0.25) is 0 Å². The van der Waals surface area contributed by atoms with Crippen molar-refractivity contribution >= 4 is 49.7 Å². The van der Waals surface area contributed by atoms with Crippen molar-refractivity contribution in [2.75, 3.05) is 4.90 Å². The van der Waals surface area contributed by atoms with Crippen LogP contribution < -0.4 is 4.90 Å². The first-order valence-electron chi connectivity index (χ1n) is 18.3. The molecule has 0 radical (unpaired) electrons. The molecule has 10 aromatic rings. The van der Waals surface area contributed by atoms with E-state index in [1.807, 2.05) is 6.07 Å². The largest absolute Gasteiger partial charge is 0.435 e. The summed E-state index contributed by atoms with van der Waals surface area (Å²) in [5.74, 6) is 0.627. The number of benzene rings is 9. The van der Waals surface area contributed by atoms with Gasteiger partial charge in [0.2, 0.25) is 5.89 Å². The van der Waals surface area contributed by atoms with Crippen molar-refractivity contribution < 1.29 is 4.42 Å². The highest BCUT2D eigenvalue weighted by atomic mass is 16.3. The maximum Gasteiger partial charge on any atom is 0.227 e. The molecule has 0 aliphatic carbocycles. The smallest absolute Gasteiger partial charge is 0.227 e. The molecule has 254 valence electrons. The van der Waals surface area contributed by atoms with Crippen molar-refractivity contribution in [3.05, 3.63) is 206 Å². The zero-order valence-electron chi connectivity index (χ0n) is 29.4. The van der Waals surface area contributed by atoms with Crippen LogP contribution in [0.1, 0.15) is 0 Å². The van der Waals surface area contributed by atoms with E-state index in [1.54, 1.807) is 0 Å². The maximum absolute atomic E-state index is 6.57. The Hall–Kier alpha value is -7.23. The van der Waals surface area contributed by atoms with Crippen molar-refractivity contribution in [2.45, 2.75) is 0 Å². The van der Waals surface area contributed by atoms with E-state index in [0.717, 1.165) is 55.6 Å². The van der Waals surface area contributed by atoms with Crippen LogP contribution >= 0.6 is 0 Å². The van der Waals surface area contributed by atoms with Crippen LogP contribution in [0.4, 0.5) is 17.1 Å². The normalized spacial score (nSPS) is 11.3. The summed E-state index contributed by atoms with van der Waals surface area (Å²) in [5, 5.41) is 4.76. The van der Waals surface area contributed by atoms with E-state index in [4.69, 9.17) is 9.40 Å². The van der Waals surface area contributed by atoms with Crippen LogP contribution in [-0.2, 0) is 0 Å². The Kier molecular flexibility index (Phi) is 7.81. The molecule has 1 heterocycles. The Morgan fingerprint density at radius 3 is 1.74 bits per heavy atom. The van der Waals surface area contributed by atoms with Gasteiger partial charge >= 0.3 is 0 Å². The Balaban J connectivity index is 1.05. The van der Waals surface area contributed by atoms with Crippen LogP contribution in [-0.4, -0.2) is 4.98 Å². The Labute approximate surface area is 314 Å². The number of hydrogen-bond donors (Lipinski definition) is 0. The number of oxazole rings is 1. The van der Waals surface area contributed by atoms with Gasteiger partial charge in [-0.25, -0.2) is 4.98 Å². The summed E-state index contributed by atoms with van der Waals surface area (Å²) in [4.78, 5) is 7.28. The van der Waals surface area contributed by atoms with E-state index in [-0.39, 0.29) is 0 Å². The lowest BCUT2D eigenvalue weighted by Gasteiger charge is -2.26. The van der Waals surface area contributed by atoms with E-state index >= 15 is 0 Å². The molecule has 3 heteroatoms. The first-order chi connectivity index (χ1) is 26.7. The third-order valence-corrected chi connectivity index (χ3v) is 10.3. The monoisotopic (exact) mass is 690 g/mol. The van der Waals surface area contributed by atoms with Crippen LogP contribution in [0.5, 0.6) is 0 Å². The van der Waals surface area contributed by atoms with Gasteiger partial charge in [-0.15, -0.1) is 0 Å². The van der Waals surface area contributed by atoms with Crippen LogP contribution in [0.3, 0.4) is 0 Å². The fourth-order valence-corrected chi connectivity index (χ4v) is 7.57. The van der Waals surface area contributed by atoms with Gasteiger partial charge in [0.25, 0.3) is 0 Å². The summed E-state index contributed by atoms with van der Waals surface area (Å²) < 4.78 is 6.57. The van der Waals surface area contributed by atoms with Crippen LogP contribution in [0, 0.1) is 0 Å². The lowest BCUT2D eigenvalue weighted by molar-refractivity contribution is 0.621. The second kappa shape index (κ2) is 13.4. The molecule has 0 bridgehead atoms. The SMILES string of the molecule is c1ccc(-c2ccc(N(c3ccc(-c4cccc5nc(-c6cccc7ccccc67)oc45)cc3)c3cccc(-c4ccc5ccccc5c4)c3)cc2)cc1. The van der Waals surface area contributed by atoms with E-state index in [0.29, 0.717) is 5.89 Å². The number of fused-ring (bicyclic) bond motifs is 3. The molecule has 1 aromatic heterocycles. The second-order valence-electron chi connectivity index (χ2n) is 13.6. The first-order valence-corrected chi connectivity index (χ1v) is 18.3. The van der Waals surface area contributed by atoms with Crippen molar-refractivity contribution in [1.29, 1.82) is 0 Å². The van der Waals surface area contributed by atoms with Gasteiger partial charge in [0.15, 0.2) is 5.58 Å². The van der Waals surface area contributed by atoms with Gasteiger partial charge in [-0.05, 0) is 104 Å². The van der Waals surface area contributed by atoms with E-state index in [1.165, 1.54) is 33.0 Å². The molecule has 0 fully saturated rings. The highest BCUT2D eigenvalue weighted by molar-refractivity contribution is 5.98. The third-order valence-electron chi connectivity index (χ3n) is 10.3. The standard InChI is InChI=1S/C51H34N2O/c1-2-11-35(12-3-1)37-25-29-43(30-26-37)53(45-18-8-17-41(34-45)42-24-23-36-13-4-5-15-40(36)33-42)44-31-27-39(28-32-44)47-20-10-22-49-50(47)54-51(52-49)48-21-9-16-38-14-6-7-19-46(38)48/h1-34H. The van der Waals surface area contributed by atoms with Gasteiger partial charge < -0.3 is 9.32 Å². The Morgan fingerprint density at radius 1 is 0.352 bits per heavy atom. The van der Waals surface area contributed by atoms with Gasteiger partial charge in [0.05, 0.1) is 0 Å². The van der Waals surface area contributed by atoms with Crippen molar-refractivity contribution in [3.8, 4) is 44.8 Å². The van der Waals surface area contributed by atoms with Crippen LogP contribution in [0.25, 0.3) is 77.5 Å². The van der Waals surface area contributed by atoms with Gasteiger partial charge in [-0.2, -0.15) is 0 Å². The lowest BCUT2D eigenvalue weighted by Crippen LogP contribution is -2.10. The minimum atomic E-state index is 0.627. The molecule has 0 atom stereocenters. The summed E-state index contributed by atoms with van der Waals surface area (Å²) in [7, 11) is 0. The Bertz CT molecular complexity index is 2920. The van der Waals surface area contributed by atoms with Gasteiger partial charge in [0, 0.05) is 28.2 Å². The van der Waals surface area contributed by atoms with Gasteiger partial charge in [-0.1, -0.05) is 152 Å². The van der Waals surface area contributed by atoms with Crippen molar-refractivity contribution in [1.82, 2.24) is 4.98 Å². The molecule has 0 aliphatic heterocycles. The highest BCUT2D eigenvalue weighted by Crippen LogP contribution is 2.40. The number of para-hydroxylation sites is 1. The second-order valence-corrected chi connectivity index (χ2v) is 13.6. The summed E-state index contributed by atoms with van der Waals surface area (Å²) in [6, 6.07) is 73.0. The average Bonchev–Trinajstić information content (AvgIpc) is 3.69. The summed E-state index contributed by atoms with van der Waals surface area (Å²) in [6.45, 7) is 0. The zero-order chi connectivity index (χ0) is 35.8. The van der Waals surface area contributed by atoms with E-state index < -0.39 is 0 Å². The molecule has 9 aromatic carbocycles. The summed E-state index contributed by atoms with van der Waals surface area (Å²) in [5.41, 5.74) is 12.6. The Morgan fingerprint density at radius 2 is 0.926 bits per heavy atom. The molecular formula is C51H34N2O. The molecule has 54 heavy (non-hydrogen) atoms. The van der Waals surface area contributed by atoms with Gasteiger partial charge in [-0.3, -0.25) is 0 Å². The molecule has 0 unspecified atom stereocenters. The minimum absolute atomic E-state index is 0.627. The molecule has 0 N–H and O–H groups in total. The average molecular weight is 691 g/mol. The first kappa shape index (κ1) is 31.5. The van der Waals surface area contributed by atoms with E-state index in [2.05, 4.69) is 205 Å². The molecule has 0 aliphatic rings. The van der Waals surface area contributed by atoms with Crippen LogP contribution in [0.15, 0.2) is 211 Å². The molecule has 0 saturated heterocycles. The fourth-order valence-electron chi connectivity index (χ4n) is 7.57. The molecule has 3 nitrogen and oxygen atoms in total.